The van der Waals surface area contributed by atoms with E-state index in [2.05, 4.69) is 15.5 Å². The predicted molar refractivity (Wildman–Crippen MR) is 124 cm³/mol. The largest absolute Gasteiger partial charge is 0.403 e. The third-order valence-corrected chi connectivity index (χ3v) is 8.03. The molecule has 1 amide bonds. The summed E-state index contributed by atoms with van der Waals surface area (Å²) in [6.45, 7) is -0.0656. The van der Waals surface area contributed by atoms with E-state index >= 15 is 4.39 Å². The van der Waals surface area contributed by atoms with Crippen molar-refractivity contribution in [3.05, 3.63) is 52.8 Å². The van der Waals surface area contributed by atoms with E-state index in [4.69, 9.17) is 21.8 Å². The van der Waals surface area contributed by atoms with Gasteiger partial charge in [0, 0.05) is 23.9 Å². The number of hydrogen-bond donors (Lipinski definition) is 2. The minimum Gasteiger partial charge on any atom is -0.403 e. The molecule has 2 heterocycles. The van der Waals surface area contributed by atoms with Crippen LogP contribution in [0.15, 0.2) is 45.7 Å². The molecule has 5 rings (SSSR count). The molecule has 1 saturated carbocycles. The number of anilines is 2. The third-order valence-electron chi connectivity index (χ3n) is 5.98. The average Bonchev–Trinajstić information content (AvgIpc) is 3.22. The monoisotopic (exact) mass is 541 g/mol. The van der Waals surface area contributed by atoms with Gasteiger partial charge in [0.2, 0.25) is 5.91 Å². The van der Waals surface area contributed by atoms with Gasteiger partial charge in [-0.1, -0.05) is 28.8 Å². The summed E-state index contributed by atoms with van der Waals surface area (Å²) in [4.78, 5) is 13.9. The number of amides is 1. The average molecular weight is 542 g/mol. The van der Waals surface area contributed by atoms with E-state index in [1.165, 1.54) is 0 Å². The molecule has 3 aromatic rings. The molecule has 1 aliphatic heterocycles. The molecule has 9 nitrogen and oxygen atoms in total. The highest BCUT2D eigenvalue weighted by atomic mass is 35.5. The second-order valence-corrected chi connectivity index (χ2v) is 11.2. The van der Waals surface area contributed by atoms with Crippen LogP contribution in [-0.4, -0.2) is 48.3 Å². The quantitative estimate of drug-likeness (QED) is 0.502. The van der Waals surface area contributed by atoms with Crippen molar-refractivity contribution in [3.8, 4) is 11.5 Å². The number of carbonyl (C=O) groups is 1. The molecule has 3 N–H and O–H groups in total. The first-order valence-electron chi connectivity index (χ1n) is 10.8. The lowest BCUT2D eigenvalue weighted by Gasteiger charge is -2.34. The van der Waals surface area contributed by atoms with Crippen LogP contribution in [-0.2, 0) is 21.2 Å². The molecule has 1 aromatic heterocycles. The summed E-state index contributed by atoms with van der Waals surface area (Å²) in [5.74, 6) is -5.46. The van der Waals surface area contributed by atoms with Crippen LogP contribution in [0, 0.1) is 5.82 Å². The van der Waals surface area contributed by atoms with Gasteiger partial charge in [0.1, 0.15) is 5.82 Å². The molecule has 0 bridgehead atoms. The van der Waals surface area contributed by atoms with Gasteiger partial charge in [0.15, 0.2) is 9.84 Å². The fraction of sp³-hybridized carbons (Fsp3) is 0.318. The van der Waals surface area contributed by atoms with Gasteiger partial charge >= 0.3 is 6.01 Å². The number of nitrogens with one attached hydrogen (secondary N) is 1. The summed E-state index contributed by atoms with van der Waals surface area (Å²) in [5, 5.41) is 10.6. The Kier molecular flexibility index (Phi) is 5.96. The zero-order chi connectivity index (χ0) is 25.8. The number of nitrogens with two attached hydrogens (primary N) is 1. The highest BCUT2D eigenvalue weighted by molar-refractivity contribution is 7.91. The van der Waals surface area contributed by atoms with Crippen LogP contribution in [0.25, 0.3) is 11.5 Å². The van der Waals surface area contributed by atoms with Crippen molar-refractivity contribution in [2.75, 3.05) is 16.0 Å². The lowest BCUT2D eigenvalue weighted by Crippen LogP contribution is -2.45. The molecule has 36 heavy (non-hydrogen) atoms. The van der Waals surface area contributed by atoms with Crippen LogP contribution in [0.5, 0.6) is 0 Å². The molecule has 1 aliphatic carbocycles. The van der Waals surface area contributed by atoms with E-state index in [-0.39, 0.29) is 29.7 Å². The Hall–Kier alpha value is -3.16. The van der Waals surface area contributed by atoms with Crippen LogP contribution in [0.1, 0.15) is 18.4 Å². The molecule has 0 spiro atoms. The van der Waals surface area contributed by atoms with Crippen molar-refractivity contribution in [2.45, 2.75) is 42.3 Å². The number of halogens is 4. The van der Waals surface area contributed by atoms with Gasteiger partial charge in [-0.05, 0) is 29.8 Å². The zero-order valence-electron chi connectivity index (χ0n) is 18.4. The smallest absolute Gasteiger partial charge is 0.315 e. The molecule has 190 valence electrons. The number of benzene rings is 2. The Morgan fingerprint density at radius 1 is 1.19 bits per heavy atom. The van der Waals surface area contributed by atoms with Gasteiger partial charge < -0.3 is 20.4 Å². The highest BCUT2D eigenvalue weighted by Crippen LogP contribution is 2.40. The molecule has 0 radical (unpaired) electrons. The van der Waals surface area contributed by atoms with E-state index in [1.54, 1.807) is 24.3 Å². The van der Waals surface area contributed by atoms with Gasteiger partial charge in [0.05, 0.1) is 34.5 Å². The maximum absolute atomic E-state index is 15.1. The maximum atomic E-state index is 15.1. The number of hydrogen-bond acceptors (Lipinski definition) is 8. The molecule has 0 saturated heterocycles. The van der Waals surface area contributed by atoms with E-state index < -0.39 is 63.1 Å². The Labute approximate surface area is 208 Å². The van der Waals surface area contributed by atoms with E-state index in [0.717, 1.165) is 17.0 Å². The number of fused-ring (bicyclic) bond motifs is 1. The first kappa shape index (κ1) is 24.5. The first-order chi connectivity index (χ1) is 16.9. The molecule has 0 unspecified atom stereocenters. The lowest BCUT2D eigenvalue weighted by molar-refractivity contribution is -0.119. The lowest BCUT2D eigenvalue weighted by atomic mass is 9.88. The summed E-state index contributed by atoms with van der Waals surface area (Å²) in [7, 11) is -4.13. The molecule has 14 heteroatoms. The van der Waals surface area contributed by atoms with Gasteiger partial charge in [-0.2, -0.15) is 0 Å². The fourth-order valence-corrected chi connectivity index (χ4v) is 5.84. The minimum atomic E-state index is -4.13. The predicted octanol–water partition coefficient (Wildman–Crippen LogP) is 3.39. The Morgan fingerprint density at radius 3 is 2.56 bits per heavy atom. The summed E-state index contributed by atoms with van der Waals surface area (Å²) in [6.07, 6.45) is -0.810. The summed E-state index contributed by atoms with van der Waals surface area (Å²) in [6, 6.07) is 6.30. The second kappa shape index (κ2) is 8.75. The van der Waals surface area contributed by atoms with Crippen LogP contribution in [0.2, 0.25) is 5.02 Å². The molecule has 2 aromatic carbocycles. The molecular formula is C22H19ClF3N5O4S. The Morgan fingerprint density at radius 2 is 1.89 bits per heavy atom. The second-order valence-electron chi connectivity index (χ2n) is 8.76. The summed E-state index contributed by atoms with van der Waals surface area (Å²) in [5.41, 5.74) is 6.13. The third kappa shape index (κ3) is 4.65. The number of alkyl halides is 2. The Bertz CT molecular complexity index is 1440. The van der Waals surface area contributed by atoms with Crippen LogP contribution in [0.4, 0.5) is 24.9 Å². The van der Waals surface area contributed by atoms with Gasteiger partial charge in [-0.3, -0.25) is 4.79 Å². The van der Waals surface area contributed by atoms with Crippen LogP contribution >= 0.6 is 11.6 Å². The van der Waals surface area contributed by atoms with E-state index in [0.29, 0.717) is 10.6 Å². The minimum absolute atomic E-state index is 0.0656. The van der Waals surface area contributed by atoms with Crippen molar-refractivity contribution >= 4 is 39.0 Å². The normalized spacial score (nSPS) is 21.0. The standard InChI is InChI=1S/C22H19ClF3N5O4S/c23-12-3-1-11(2-4-12)9-31-17-5-14(15(24)6-18(17)36(33,34)10-16(27)20(31)32)19-29-30-21(35-19)28-13-7-22(25,26)8-13/h1-6,13,16H,7-10,27H2,(H,28,30)/t16-/m0/s1. The van der Waals surface area contributed by atoms with Crippen molar-refractivity contribution in [1.82, 2.24) is 10.2 Å². The van der Waals surface area contributed by atoms with Crippen molar-refractivity contribution in [3.63, 3.8) is 0 Å². The number of sulfone groups is 1. The molecular weight excluding hydrogens is 523 g/mol. The van der Waals surface area contributed by atoms with Crippen LogP contribution < -0.4 is 16.0 Å². The number of carbonyl (C=O) groups excluding carboxylic acids is 1. The van der Waals surface area contributed by atoms with Gasteiger partial charge in [-0.25, -0.2) is 21.6 Å². The first-order valence-corrected chi connectivity index (χ1v) is 12.8. The summed E-state index contributed by atoms with van der Waals surface area (Å²) < 4.78 is 72.6. The molecule has 2 aliphatic rings. The number of aromatic nitrogens is 2. The highest BCUT2D eigenvalue weighted by Gasteiger charge is 2.46. The maximum Gasteiger partial charge on any atom is 0.315 e. The number of rotatable bonds is 5. The van der Waals surface area contributed by atoms with Crippen LogP contribution in [0.3, 0.4) is 0 Å². The van der Waals surface area contributed by atoms with Gasteiger partial charge in [-0.15, -0.1) is 5.10 Å². The topological polar surface area (TPSA) is 131 Å². The van der Waals surface area contributed by atoms with Crippen molar-refractivity contribution in [2.24, 2.45) is 5.73 Å². The van der Waals surface area contributed by atoms with Gasteiger partial charge in [0.25, 0.3) is 11.8 Å². The SMILES string of the molecule is N[C@H]1CS(=O)(=O)c2cc(F)c(-c3nnc(NC4CC(F)(F)C4)o3)cc2N(Cc2ccc(Cl)cc2)C1=O. The zero-order valence-corrected chi connectivity index (χ0v) is 20.0. The Balaban J connectivity index is 1.54. The molecule has 1 fully saturated rings. The van der Waals surface area contributed by atoms with E-state index in [1.807, 2.05) is 0 Å². The summed E-state index contributed by atoms with van der Waals surface area (Å²) >= 11 is 5.93. The number of nitrogens with zero attached hydrogens (tertiary/aromatic N) is 3. The van der Waals surface area contributed by atoms with E-state index in [9.17, 15) is 22.0 Å². The van der Waals surface area contributed by atoms with Crippen molar-refractivity contribution in [1.29, 1.82) is 0 Å². The van der Waals surface area contributed by atoms with Crippen molar-refractivity contribution < 1.29 is 30.8 Å². The fourth-order valence-electron chi connectivity index (χ4n) is 4.15. The molecule has 1 atom stereocenters.